The van der Waals surface area contributed by atoms with Crippen LogP contribution in [0.15, 0.2) is 18.3 Å². The van der Waals surface area contributed by atoms with E-state index in [0.29, 0.717) is 0 Å². The van der Waals surface area contributed by atoms with Gasteiger partial charge in [-0.05, 0) is 24.5 Å². The highest BCUT2D eigenvalue weighted by atomic mass is 19.3. The maximum atomic E-state index is 13.4. The molecule has 1 atom stereocenters. The molecule has 1 aromatic heterocycles. The Morgan fingerprint density at radius 2 is 1.95 bits per heavy atom. The molecule has 1 aliphatic heterocycles. The first-order valence-corrected chi connectivity index (χ1v) is 6.30. The molecule has 102 valence electrons. The summed E-state index contributed by atoms with van der Waals surface area (Å²) in [6.07, 6.45) is 2.84. The first kappa shape index (κ1) is 12.3. The number of anilines is 1. The lowest BCUT2D eigenvalue weighted by Gasteiger charge is -2.17. The third kappa shape index (κ3) is 1.69. The molecule has 1 saturated carbocycles. The summed E-state index contributed by atoms with van der Waals surface area (Å²) in [4.78, 5) is 17.3. The summed E-state index contributed by atoms with van der Waals surface area (Å²) < 4.78 is 26.7. The van der Waals surface area contributed by atoms with Crippen molar-refractivity contribution >= 4 is 11.8 Å². The van der Waals surface area contributed by atoms with Crippen LogP contribution >= 0.6 is 0 Å². The number of alkyl halides is 2. The van der Waals surface area contributed by atoms with E-state index in [-0.39, 0.29) is 5.56 Å². The van der Waals surface area contributed by atoms with Gasteiger partial charge in [-0.2, -0.15) is 0 Å². The van der Waals surface area contributed by atoms with Crippen LogP contribution in [0, 0.1) is 0 Å². The van der Waals surface area contributed by atoms with E-state index >= 15 is 0 Å². The van der Waals surface area contributed by atoms with E-state index in [4.69, 9.17) is 5.11 Å². The number of hydrogen-bond donors (Lipinski definition) is 1. The van der Waals surface area contributed by atoms with Gasteiger partial charge in [0, 0.05) is 25.7 Å². The summed E-state index contributed by atoms with van der Waals surface area (Å²) in [5.74, 6) is -3.92. The zero-order chi connectivity index (χ0) is 13.7. The van der Waals surface area contributed by atoms with Crippen molar-refractivity contribution in [3.8, 4) is 0 Å². The molecule has 1 unspecified atom stereocenters. The number of aliphatic carboxylic acids is 1. The van der Waals surface area contributed by atoms with E-state index in [2.05, 4.69) is 9.88 Å². The van der Waals surface area contributed by atoms with Crippen LogP contribution in [0.1, 0.15) is 24.8 Å². The smallest absolute Gasteiger partial charge is 0.320 e. The van der Waals surface area contributed by atoms with Gasteiger partial charge in [0.15, 0.2) is 5.41 Å². The Hall–Kier alpha value is -1.72. The highest BCUT2D eigenvalue weighted by Crippen LogP contribution is 2.61. The molecule has 1 aliphatic carbocycles. The van der Waals surface area contributed by atoms with Gasteiger partial charge in [0.25, 0.3) is 5.92 Å². The number of aromatic nitrogens is 1. The summed E-state index contributed by atoms with van der Waals surface area (Å²) in [5.41, 5.74) is -1.98. The van der Waals surface area contributed by atoms with Crippen molar-refractivity contribution in [3.05, 3.63) is 23.9 Å². The predicted molar refractivity (Wildman–Crippen MR) is 64.6 cm³/mol. The molecular weight excluding hydrogens is 254 g/mol. The SMILES string of the molecule is O=C(O)C1(c2ccc(N3CCCC3)nc2)CC1(F)F. The summed E-state index contributed by atoms with van der Waals surface area (Å²) in [5, 5.41) is 9.06. The van der Waals surface area contributed by atoms with Gasteiger partial charge in [-0.1, -0.05) is 6.07 Å². The van der Waals surface area contributed by atoms with Crippen molar-refractivity contribution < 1.29 is 18.7 Å². The maximum absolute atomic E-state index is 13.4. The maximum Gasteiger partial charge on any atom is 0.320 e. The minimum atomic E-state index is -3.17. The van der Waals surface area contributed by atoms with Crippen LogP contribution in [0.4, 0.5) is 14.6 Å². The van der Waals surface area contributed by atoms with Gasteiger partial charge in [-0.25, -0.2) is 13.8 Å². The van der Waals surface area contributed by atoms with Crippen LogP contribution in [-0.4, -0.2) is 35.1 Å². The zero-order valence-corrected chi connectivity index (χ0v) is 10.3. The Bertz CT molecular complexity index is 512. The molecule has 2 heterocycles. The van der Waals surface area contributed by atoms with Gasteiger partial charge in [0.2, 0.25) is 0 Å². The molecule has 3 rings (SSSR count). The lowest BCUT2D eigenvalue weighted by Crippen LogP contribution is -2.27. The van der Waals surface area contributed by atoms with Crippen LogP contribution in [0.5, 0.6) is 0 Å². The topological polar surface area (TPSA) is 53.4 Å². The van der Waals surface area contributed by atoms with Crippen molar-refractivity contribution in [2.45, 2.75) is 30.6 Å². The van der Waals surface area contributed by atoms with Crippen molar-refractivity contribution in [2.75, 3.05) is 18.0 Å². The molecule has 19 heavy (non-hydrogen) atoms. The Morgan fingerprint density at radius 3 is 2.37 bits per heavy atom. The number of hydrogen-bond acceptors (Lipinski definition) is 3. The molecule has 6 heteroatoms. The van der Waals surface area contributed by atoms with Crippen molar-refractivity contribution in [1.82, 2.24) is 4.98 Å². The van der Waals surface area contributed by atoms with Gasteiger partial charge in [0.1, 0.15) is 5.82 Å². The molecule has 1 aromatic rings. The van der Waals surface area contributed by atoms with Gasteiger partial charge in [-0.15, -0.1) is 0 Å². The molecule has 0 bridgehead atoms. The molecule has 0 aromatic carbocycles. The number of rotatable bonds is 3. The van der Waals surface area contributed by atoms with E-state index in [1.807, 2.05) is 0 Å². The van der Waals surface area contributed by atoms with Crippen LogP contribution in [0.2, 0.25) is 0 Å². The van der Waals surface area contributed by atoms with Crippen LogP contribution < -0.4 is 4.90 Å². The third-order valence-corrected chi connectivity index (χ3v) is 4.02. The summed E-state index contributed by atoms with van der Waals surface area (Å²) in [6, 6.07) is 3.11. The van der Waals surface area contributed by atoms with E-state index in [1.165, 1.54) is 12.3 Å². The number of carboxylic acids is 1. The van der Waals surface area contributed by atoms with Gasteiger partial charge >= 0.3 is 5.97 Å². The van der Waals surface area contributed by atoms with Gasteiger partial charge in [0.05, 0.1) is 0 Å². The fourth-order valence-electron chi connectivity index (χ4n) is 2.73. The van der Waals surface area contributed by atoms with E-state index < -0.39 is 23.7 Å². The minimum absolute atomic E-state index is 0.0907. The van der Waals surface area contributed by atoms with Gasteiger partial charge in [-0.3, -0.25) is 4.79 Å². The fraction of sp³-hybridized carbons (Fsp3) is 0.538. The Morgan fingerprint density at radius 1 is 1.32 bits per heavy atom. The van der Waals surface area contributed by atoms with E-state index in [0.717, 1.165) is 31.7 Å². The zero-order valence-electron chi connectivity index (χ0n) is 10.3. The fourth-order valence-corrected chi connectivity index (χ4v) is 2.73. The predicted octanol–water partition coefficient (Wildman–Crippen LogP) is 2.04. The van der Waals surface area contributed by atoms with Crippen molar-refractivity contribution in [1.29, 1.82) is 0 Å². The number of halogens is 2. The second-order valence-corrected chi connectivity index (χ2v) is 5.19. The highest BCUT2D eigenvalue weighted by molar-refractivity contribution is 5.87. The normalized spacial score (nSPS) is 28.4. The van der Waals surface area contributed by atoms with E-state index in [9.17, 15) is 13.6 Å². The number of carboxylic acid groups (broad SMARTS) is 1. The molecule has 1 saturated heterocycles. The average Bonchev–Trinajstić information content (AvgIpc) is 2.79. The second-order valence-electron chi connectivity index (χ2n) is 5.19. The number of pyridine rings is 1. The second kappa shape index (κ2) is 3.88. The van der Waals surface area contributed by atoms with Crippen molar-refractivity contribution in [2.24, 2.45) is 0 Å². The molecule has 2 aliphatic rings. The summed E-state index contributed by atoms with van der Waals surface area (Å²) in [7, 11) is 0. The average molecular weight is 268 g/mol. The van der Waals surface area contributed by atoms with Crippen LogP contribution in [0.25, 0.3) is 0 Å². The summed E-state index contributed by atoms with van der Waals surface area (Å²) >= 11 is 0. The van der Waals surface area contributed by atoms with Crippen molar-refractivity contribution in [3.63, 3.8) is 0 Å². The van der Waals surface area contributed by atoms with E-state index in [1.54, 1.807) is 6.07 Å². The quantitative estimate of drug-likeness (QED) is 0.911. The Balaban J connectivity index is 1.88. The molecular formula is C13H14F2N2O2. The lowest BCUT2D eigenvalue weighted by atomic mass is 9.97. The molecule has 0 radical (unpaired) electrons. The molecule has 0 amide bonds. The third-order valence-electron chi connectivity index (χ3n) is 4.02. The molecule has 1 N–H and O–H groups in total. The molecule has 2 fully saturated rings. The number of carbonyl (C=O) groups is 1. The monoisotopic (exact) mass is 268 g/mol. The first-order valence-electron chi connectivity index (χ1n) is 6.30. The molecule has 4 nitrogen and oxygen atoms in total. The first-order chi connectivity index (χ1) is 8.97. The summed E-state index contributed by atoms with van der Waals surface area (Å²) in [6.45, 7) is 1.82. The highest BCUT2D eigenvalue weighted by Gasteiger charge is 2.77. The van der Waals surface area contributed by atoms with Crippen LogP contribution in [-0.2, 0) is 10.2 Å². The number of nitrogens with zero attached hydrogens (tertiary/aromatic N) is 2. The Labute approximate surface area is 109 Å². The largest absolute Gasteiger partial charge is 0.480 e. The lowest BCUT2D eigenvalue weighted by molar-refractivity contribution is -0.142. The standard InChI is InChI=1S/C13H14F2N2O2/c14-13(15)8-12(13,11(18)19)9-3-4-10(16-7-9)17-5-1-2-6-17/h3-4,7H,1-2,5-6,8H2,(H,18,19). The van der Waals surface area contributed by atoms with Gasteiger partial charge < -0.3 is 10.0 Å². The van der Waals surface area contributed by atoms with Crippen LogP contribution in [0.3, 0.4) is 0 Å². The Kier molecular flexibility index (Phi) is 2.52. The minimum Gasteiger partial charge on any atom is -0.480 e. The molecule has 0 spiro atoms.